The topological polar surface area (TPSA) is 24.5 Å². The number of fused-ring (bicyclic) bond motifs is 12. The molecule has 0 amide bonds. The molecule has 114 heavy (non-hydrogen) atoms. The van der Waals surface area contributed by atoms with Gasteiger partial charge in [0, 0.05) is 82.6 Å². The maximum absolute atomic E-state index is 2.54. The minimum absolute atomic E-state index is 0.953. The molecule has 0 unspecified atom stereocenters. The van der Waals surface area contributed by atoms with Gasteiger partial charge in [-0.1, -0.05) is 273 Å². The molecule has 6 heteroatoms. The molecule has 0 saturated heterocycles. The number of anilines is 9. The average molecular weight is 1450 g/mol. The molecule has 22 aromatic rings. The van der Waals surface area contributed by atoms with Gasteiger partial charge in [0.15, 0.2) is 0 Å². The summed E-state index contributed by atoms with van der Waals surface area (Å²) in [5.41, 5.74) is 26.0. The molecule has 0 N–H and O–H groups in total. The van der Waals surface area contributed by atoms with Crippen LogP contribution in [-0.2, 0) is 0 Å². The SMILES string of the molecule is c1ccc(-c2ccc3c(c2)c2cc(N(c4cc(N(c5ccc6c(c5)c5cc(-c7ccccc7)ccc5n6-c5ccccc5)c5cccc6ccccc56)cc(N(c5ccc6c(c5)c5cc(-c7ccccc7)ccc5n6-c5ccccc5)c5cccc6ccccc56)c4)c4cccc5ccccc45)ccc2n3-c2ccccc2)cc1. The van der Waals surface area contributed by atoms with Gasteiger partial charge in [-0.3, -0.25) is 0 Å². The Morgan fingerprint density at radius 1 is 0.140 bits per heavy atom. The molecule has 534 valence electrons. The Labute approximate surface area is 660 Å². The lowest BCUT2D eigenvalue weighted by molar-refractivity contribution is 1.18. The number of hydrogen-bond acceptors (Lipinski definition) is 3. The fraction of sp³-hybridized carbons (Fsp3) is 0. The fourth-order valence-corrected chi connectivity index (χ4v) is 17.9. The van der Waals surface area contributed by atoms with Gasteiger partial charge < -0.3 is 28.4 Å². The van der Waals surface area contributed by atoms with E-state index in [-0.39, 0.29) is 0 Å². The number of rotatable bonds is 15. The Morgan fingerprint density at radius 3 is 0.649 bits per heavy atom. The maximum atomic E-state index is 2.54. The lowest BCUT2D eigenvalue weighted by Gasteiger charge is -2.34. The van der Waals surface area contributed by atoms with E-state index >= 15 is 0 Å². The van der Waals surface area contributed by atoms with Crippen molar-refractivity contribution >= 4 is 149 Å². The van der Waals surface area contributed by atoms with E-state index in [4.69, 9.17) is 0 Å². The minimum Gasteiger partial charge on any atom is -0.310 e. The van der Waals surface area contributed by atoms with Gasteiger partial charge in [0.2, 0.25) is 0 Å². The van der Waals surface area contributed by atoms with Gasteiger partial charge in [0.05, 0.1) is 67.2 Å². The van der Waals surface area contributed by atoms with E-state index in [1.54, 1.807) is 0 Å². The third-order valence-corrected chi connectivity index (χ3v) is 23.1. The molecule has 3 aromatic heterocycles. The lowest BCUT2D eigenvalue weighted by Crippen LogP contribution is -2.17. The van der Waals surface area contributed by atoms with Crippen molar-refractivity contribution in [3.63, 3.8) is 0 Å². The first kappa shape index (κ1) is 65.8. The number of aromatic nitrogens is 3. The van der Waals surface area contributed by atoms with Crippen LogP contribution in [0.4, 0.5) is 51.2 Å². The molecule has 0 saturated carbocycles. The predicted octanol–water partition coefficient (Wildman–Crippen LogP) is 29.8. The Kier molecular flexibility index (Phi) is 15.8. The molecule has 0 radical (unpaired) electrons. The summed E-state index contributed by atoms with van der Waals surface area (Å²) in [6, 6.07) is 161. The first-order valence-corrected chi connectivity index (χ1v) is 39.1. The molecular weight excluding hydrogens is 1380 g/mol. The van der Waals surface area contributed by atoms with E-state index in [9.17, 15) is 0 Å². The second-order valence-electron chi connectivity index (χ2n) is 29.6. The summed E-state index contributed by atoms with van der Waals surface area (Å²) in [5.74, 6) is 0. The zero-order chi connectivity index (χ0) is 75.2. The monoisotopic (exact) mass is 1450 g/mol. The highest BCUT2D eigenvalue weighted by Crippen LogP contribution is 2.52. The smallest absolute Gasteiger partial charge is 0.0542 e. The molecule has 0 atom stereocenters. The van der Waals surface area contributed by atoms with Crippen molar-refractivity contribution < 1.29 is 0 Å². The van der Waals surface area contributed by atoms with Crippen LogP contribution in [-0.4, -0.2) is 13.7 Å². The minimum atomic E-state index is 0.953. The van der Waals surface area contributed by atoms with Crippen molar-refractivity contribution in [1.82, 2.24) is 13.7 Å². The highest BCUT2D eigenvalue weighted by Gasteiger charge is 2.28. The Balaban J connectivity index is 0.868. The van der Waals surface area contributed by atoms with Crippen LogP contribution in [0.25, 0.3) is 148 Å². The standard InChI is InChI=1S/C108H72N6/c1-7-28-73(29-8-1)79-52-58-103-94(64-79)97-70-85(55-61-106(97)112(103)82-40-13-4-14-41-82)109(100-49-25-37-76-34-19-22-46-91(76)100)88-67-89(110(101-50-26-38-77-35-20-23-47-92(77)101)86-56-62-107-98(71-86)95-65-80(74-30-9-2-10-31-74)53-59-104(95)113(107)83-42-15-5-16-43-83)69-90(68-88)111(102-51-27-39-78-36-21-24-48-93(78)102)87-57-63-108-99(72-87)96-66-81(75-32-11-3-12-33-75)54-60-105(96)114(108)84-44-17-6-18-45-84/h1-72H. The summed E-state index contributed by atoms with van der Waals surface area (Å²) in [4.78, 5) is 7.61. The van der Waals surface area contributed by atoms with Crippen LogP contribution in [0.3, 0.4) is 0 Å². The van der Waals surface area contributed by atoms with Crippen LogP contribution in [0.1, 0.15) is 0 Å². The molecule has 0 aliphatic carbocycles. The molecule has 0 aliphatic rings. The van der Waals surface area contributed by atoms with Crippen LogP contribution in [0.2, 0.25) is 0 Å². The third kappa shape index (κ3) is 11.2. The summed E-state index contributed by atoms with van der Waals surface area (Å²) in [6.45, 7) is 0. The quantitative estimate of drug-likeness (QED) is 0.102. The zero-order valence-corrected chi connectivity index (χ0v) is 62.3. The Bertz CT molecular complexity index is 6740. The highest BCUT2D eigenvalue weighted by atomic mass is 15.2. The van der Waals surface area contributed by atoms with Gasteiger partial charge in [-0.2, -0.15) is 0 Å². The molecule has 0 bridgehead atoms. The first-order valence-electron chi connectivity index (χ1n) is 39.1. The molecule has 0 aliphatic heterocycles. The zero-order valence-electron chi connectivity index (χ0n) is 62.3. The summed E-state index contributed by atoms with van der Waals surface area (Å²) in [6.07, 6.45) is 0. The van der Waals surface area contributed by atoms with E-state index < -0.39 is 0 Å². The van der Waals surface area contributed by atoms with Crippen LogP contribution < -0.4 is 14.7 Å². The summed E-state index contributed by atoms with van der Waals surface area (Å²) in [7, 11) is 0. The lowest BCUT2D eigenvalue weighted by atomic mass is 10.0. The van der Waals surface area contributed by atoms with Gasteiger partial charge in [-0.05, 0) is 213 Å². The van der Waals surface area contributed by atoms with E-state index in [1.807, 2.05) is 0 Å². The Morgan fingerprint density at radius 2 is 0.368 bits per heavy atom. The number of hydrogen-bond donors (Lipinski definition) is 0. The van der Waals surface area contributed by atoms with Gasteiger partial charge in [-0.15, -0.1) is 0 Å². The molecule has 0 fully saturated rings. The molecular formula is C108H72N6. The van der Waals surface area contributed by atoms with Crippen LogP contribution in [0.5, 0.6) is 0 Å². The number of para-hydroxylation sites is 3. The molecule has 22 rings (SSSR count). The van der Waals surface area contributed by atoms with E-state index in [2.05, 4.69) is 465 Å². The number of nitrogens with zero attached hydrogens (tertiary/aromatic N) is 6. The van der Waals surface area contributed by atoms with Gasteiger partial charge in [0.1, 0.15) is 0 Å². The molecule has 3 heterocycles. The van der Waals surface area contributed by atoms with Crippen LogP contribution >= 0.6 is 0 Å². The summed E-state index contributed by atoms with van der Waals surface area (Å²) >= 11 is 0. The van der Waals surface area contributed by atoms with Gasteiger partial charge >= 0.3 is 0 Å². The normalized spacial score (nSPS) is 11.7. The van der Waals surface area contributed by atoms with E-state index in [0.717, 1.165) is 183 Å². The summed E-state index contributed by atoms with van der Waals surface area (Å²) < 4.78 is 7.30. The average Bonchev–Trinajstić information content (AvgIpc) is 1.45. The van der Waals surface area contributed by atoms with Crippen molar-refractivity contribution in [2.45, 2.75) is 0 Å². The number of benzene rings is 19. The maximum Gasteiger partial charge on any atom is 0.0542 e. The second kappa shape index (κ2) is 27.4. The van der Waals surface area contributed by atoms with E-state index in [0.29, 0.717) is 0 Å². The summed E-state index contributed by atoms with van der Waals surface area (Å²) in [5, 5.41) is 13.7. The van der Waals surface area contributed by atoms with Crippen molar-refractivity contribution in [2.24, 2.45) is 0 Å². The highest BCUT2D eigenvalue weighted by molar-refractivity contribution is 6.16. The van der Waals surface area contributed by atoms with Gasteiger partial charge in [-0.25, -0.2) is 0 Å². The fourth-order valence-electron chi connectivity index (χ4n) is 17.9. The Hall–Kier alpha value is -15.2. The molecule has 0 spiro atoms. The van der Waals surface area contributed by atoms with E-state index in [1.165, 1.54) is 16.7 Å². The van der Waals surface area contributed by atoms with Crippen molar-refractivity contribution in [3.8, 4) is 50.4 Å². The predicted molar refractivity (Wildman–Crippen MR) is 482 cm³/mol. The van der Waals surface area contributed by atoms with Crippen molar-refractivity contribution in [1.29, 1.82) is 0 Å². The second-order valence-corrected chi connectivity index (χ2v) is 29.6. The van der Waals surface area contributed by atoms with Crippen LogP contribution in [0.15, 0.2) is 437 Å². The largest absolute Gasteiger partial charge is 0.310 e. The molecule has 6 nitrogen and oxygen atoms in total. The van der Waals surface area contributed by atoms with Gasteiger partial charge in [0.25, 0.3) is 0 Å². The van der Waals surface area contributed by atoms with Crippen LogP contribution in [0, 0.1) is 0 Å². The van der Waals surface area contributed by atoms with Crippen molar-refractivity contribution in [3.05, 3.63) is 437 Å². The third-order valence-electron chi connectivity index (χ3n) is 23.1. The first-order chi connectivity index (χ1) is 56.5. The molecule has 19 aromatic carbocycles. The van der Waals surface area contributed by atoms with Crippen molar-refractivity contribution in [2.75, 3.05) is 14.7 Å².